The lowest BCUT2D eigenvalue weighted by atomic mass is 9.96. The van der Waals surface area contributed by atoms with E-state index in [1.54, 1.807) is 0 Å². The summed E-state index contributed by atoms with van der Waals surface area (Å²) in [5, 5.41) is 2.92. The molecule has 0 unspecified atom stereocenters. The first-order valence-electron chi connectivity index (χ1n) is 8.18. The van der Waals surface area contributed by atoms with E-state index < -0.39 is 0 Å². The molecule has 1 aliphatic carbocycles. The Morgan fingerprint density at radius 2 is 1.95 bits per heavy atom. The molecule has 0 spiro atoms. The van der Waals surface area contributed by atoms with Crippen LogP contribution in [0.25, 0.3) is 0 Å². The highest BCUT2D eigenvalue weighted by Gasteiger charge is 2.18. The first-order valence-corrected chi connectivity index (χ1v) is 8.18. The monoisotopic (exact) mass is 285 g/mol. The number of Topliss-reactive ketones (excluding diaryl/α,β-unsaturated/α-hetero) is 1. The molecule has 3 heteroatoms. The topological polar surface area (TPSA) is 46.2 Å². The van der Waals surface area contributed by atoms with E-state index in [1.807, 2.05) is 18.2 Å². The number of ketones is 1. The number of benzene rings is 1. The van der Waals surface area contributed by atoms with Crippen molar-refractivity contribution in [3.63, 3.8) is 0 Å². The molecule has 0 atom stereocenters. The molecule has 0 radical (unpaired) electrons. The second-order valence-electron chi connectivity index (χ2n) is 6.39. The fourth-order valence-corrected chi connectivity index (χ4v) is 3.53. The predicted octanol–water partition coefficient (Wildman–Crippen LogP) is 4.11. The minimum Gasteiger partial charge on any atom is -0.326 e. The second kappa shape index (κ2) is 6.42. The highest BCUT2D eigenvalue weighted by atomic mass is 16.1. The van der Waals surface area contributed by atoms with E-state index in [2.05, 4.69) is 5.32 Å². The van der Waals surface area contributed by atoms with Crippen molar-refractivity contribution in [2.24, 2.45) is 5.92 Å². The molecule has 0 aromatic heterocycles. The van der Waals surface area contributed by atoms with Gasteiger partial charge in [0.15, 0.2) is 5.78 Å². The van der Waals surface area contributed by atoms with Gasteiger partial charge in [0.1, 0.15) is 0 Å². The quantitative estimate of drug-likeness (QED) is 0.846. The van der Waals surface area contributed by atoms with E-state index in [1.165, 1.54) is 25.7 Å². The Kier molecular flexibility index (Phi) is 4.37. The third kappa shape index (κ3) is 3.52. The molecule has 1 N–H and O–H groups in total. The lowest BCUT2D eigenvalue weighted by Gasteiger charge is -2.10. The van der Waals surface area contributed by atoms with Crippen molar-refractivity contribution in [2.45, 2.75) is 57.8 Å². The van der Waals surface area contributed by atoms with Crippen molar-refractivity contribution in [2.75, 3.05) is 5.32 Å². The van der Waals surface area contributed by atoms with Crippen molar-refractivity contribution < 1.29 is 9.59 Å². The number of hydrogen-bond acceptors (Lipinski definition) is 2. The highest BCUT2D eigenvalue weighted by Crippen LogP contribution is 2.29. The molecule has 3 rings (SSSR count). The average molecular weight is 285 g/mol. The standard InChI is InChI=1S/C18H23NO2/c20-17(11-8-13-4-1-2-5-13)15-9-10-16-14(12-15)6-3-7-18(21)19-16/h9-10,12-13H,1-8,11H2,(H,19,21). The Bertz CT molecular complexity index is 544. The lowest BCUT2D eigenvalue weighted by Crippen LogP contribution is -2.09. The number of anilines is 1. The van der Waals surface area contributed by atoms with Crippen LogP contribution in [0.1, 0.15) is 67.3 Å². The van der Waals surface area contributed by atoms with Gasteiger partial charge in [0.05, 0.1) is 0 Å². The molecule has 1 aliphatic heterocycles. The summed E-state index contributed by atoms with van der Waals surface area (Å²) in [6.07, 6.45) is 9.25. The van der Waals surface area contributed by atoms with Gasteiger partial charge in [-0.25, -0.2) is 0 Å². The molecule has 1 aromatic rings. The van der Waals surface area contributed by atoms with E-state index >= 15 is 0 Å². The molecule has 112 valence electrons. The molecule has 0 saturated heterocycles. The van der Waals surface area contributed by atoms with E-state index in [4.69, 9.17) is 0 Å². The molecule has 1 amide bonds. The van der Waals surface area contributed by atoms with Crippen LogP contribution in [0, 0.1) is 5.92 Å². The molecule has 1 saturated carbocycles. The molecule has 0 bridgehead atoms. The van der Waals surface area contributed by atoms with E-state index in [9.17, 15) is 9.59 Å². The van der Waals surface area contributed by atoms with Crippen molar-refractivity contribution in [1.29, 1.82) is 0 Å². The SMILES string of the molecule is O=C1CCCc2cc(C(=O)CCC3CCCC3)ccc2N1. The average Bonchev–Trinajstić information content (AvgIpc) is 2.92. The molecule has 1 fully saturated rings. The van der Waals surface area contributed by atoms with Crippen molar-refractivity contribution in [3.8, 4) is 0 Å². The maximum atomic E-state index is 12.4. The van der Waals surface area contributed by atoms with Gasteiger partial charge in [-0.3, -0.25) is 9.59 Å². The van der Waals surface area contributed by atoms with Gasteiger partial charge in [-0.05, 0) is 48.9 Å². The molecular formula is C18H23NO2. The zero-order chi connectivity index (χ0) is 14.7. The fraction of sp³-hybridized carbons (Fsp3) is 0.556. The number of aryl methyl sites for hydroxylation is 1. The number of carbonyl (C=O) groups excluding carboxylic acids is 2. The highest BCUT2D eigenvalue weighted by molar-refractivity contribution is 5.98. The van der Waals surface area contributed by atoms with E-state index in [0.29, 0.717) is 12.8 Å². The summed E-state index contributed by atoms with van der Waals surface area (Å²) in [7, 11) is 0. The molecule has 3 nitrogen and oxygen atoms in total. The van der Waals surface area contributed by atoms with Crippen molar-refractivity contribution >= 4 is 17.4 Å². The van der Waals surface area contributed by atoms with Crippen LogP contribution in [0.3, 0.4) is 0 Å². The number of hydrogen-bond donors (Lipinski definition) is 1. The molecular weight excluding hydrogens is 262 g/mol. The van der Waals surface area contributed by atoms with E-state index in [0.717, 1.165) is 42.0 Å². The number of amides is 1. The van der Waals surface area contributed by atoms with Gasteiger partial charge in [-0.2, -0.15) is 0 Å². The van der Waals surface area contributed by atoms with Crippen LogP contribution in [0.15, 0.2) is 18.2 Å². The Morgan fingerprint density at radius 1 is 1.14 bits per heavy atom. The first-order chi connectivity index (χ1) is 10.2. The summed E-state index contributed by atoms with van der Waals surface area (Å²) < 4.78 is 0. The number of fused-ring (bicyclic) bond motifs is 1. The fourth-order valence-electron chi connectivity index (χ4n) is 3.53. The molecule has 21 heavy (non-hydrogen) atoms. The molecule has 1 heterocycles. The first kappa shape index (κ1) is 14.3. The van der Waals surface area contributed by atoms with E-state index in [-0.39, 0.29) is 11.7 Å². The summed E-state index contributed by atoms with van der Waals surface area (Å²) in [5.74, 6) is 1.09. The number of rotatable bonds is 4. The molecule has 1 aromatic carbocycles. The smallest absolute Gasteiger partial charge is 0.224 e. The number of carbonyl (C=O) groups is 2. The summed E-state index contributed by atoms with van der Waals surface area (Å²) in [4.78, 5) is 23.9. The van der Waals surface area contributed by atoms with Crippen LogP contribution in [0.5, 0.6) is 0 Å². The summed E-state index contributed by atoms with van der Waals surface area (Å²) in [6, 6.07) is 5.74. The second-order valence-corrected chi connectivity index (χ2v) is 6.39. The largest absolute Gasteiger partial charge is 0.326 e. The van der Waals surface area contributed by atoms with Gasteiger partial charge < -0.3 is 5.32 Å². The predicted molar refractivity (Wildman–Crippen MR) is 83.5 cm³/mol. The normalized spacial score (nSPS) is 19.0. The van der Waals surface area contributed by atoms with Crippen LogP contribution in [-0.4, -0.2) is 11.7 Å². The summed E-state index contributed by atoms with van der Waals surface area (Å²) in [5.41, 5.74) is 2.79. The van der Waals surface area contributed by atoms with Crippen LogP contribution in [0.2, 0.25) is 0 Å². The minimum absolute atomic E-state index is 0.0778. The Labute approximate surface area is 126 Å². The third-order valence-corrected chi connectivity index (χ3v) is 4.81. The van der Waals surface area contributed by atoms with Gasteiger partial charge >= 0.3 is 0 Å². The molecule has 2 aliphatic rings. The van der Waals surface area contributed by atoms with Crippen molar-refractivity contribution in [1.82, 2.24) is 0 Å². The Hall–Kier alpha value is -1.64. The Balaban J connectivity index is 1.66. The van der Waals surface area contributed by atoms with Crippen molar-refractivity contribution in [3.05, 3.63) is 29.3 Å². The zero-order valence-electron chi connectivity index (χ0n) is 12.5. The lowest BCUT2D eigenvalue weighted by molar-refractivity contribution is -0.116. The Morgan fingerprint density at radius 3 is 2.76 bits per heavy atom. The maximum Gasteiger partial charge on any atom is 0.224 e. The van der Waals surface area contributed by atoms with Crippen LogP contribution in [0.4, 0.5) is 5.69 Å². The maximum absolute atomic E-state index is 12.4. The summed E-state index contributed by atoms with van der Waals surface area (Å²) >= 11 is 0. The van der Waals surface area contributed by atoms with Crippen LogP contribution < -0.4 is 5.32 Å². The zero-order valence-corrected chi connectivity index (χ0v) is 12.5. The van der Waals surface area contributed by atoms with Gasteiger partial charge in [-0.1, -0.05) is 25.7 Å². The van der Waals surface area contributed by atoms with Gasteiger partial charge in [0.25, 0.3) is 0 Å². The van der Waals surface area contributed by atoms with Gasteiger partial charge in [0.2, 0.25) is 5.91 Å². The van der Waals surface area contributed by atoms with Gasteiger partial charge in [-0.15, -0.1) is 0 Å². The van der Waals surface area contributed by atoms with Crippen LogP contribution >= 0.6 is 0 Å². The number of nitrogens with one attached hydrogen (secondary N) is 1. The minimum atomic E-state index is 0.0778. The van der Waals surface area contributed by atoms with Gasteiger partial charge in [0, 0.05) is 24.1 Å². The van der Waals surface area contributed by atoms with Crippen LogP contribution in [-0.2, 0) is 11.2 Å². The summed E-state index contributed by atoms with van der Waals surface area (Å²) in [6.45, 7) is 0. The third-order valence-electron chi connectivity index (χ3n) is 4.81.